The van der Waals surface area contributed by atoms with Crippen LogP contribution < -0.4 is 0 Å². The molecule has 1 aromatic rings. The second-order valence-electron chi connectivity index (χ2n) is 2.84. The summed E-state index contributed by atoms with van der Waals surface area (Å²) in [5.74, 6) is 0. The van der Waals surface area contributed by atoms with Gasteiger partial charge in [0.25, 0.3) is 6.04 Å². The first kappa shape index (κ1) is 11.1. The minimum atomic E-state index is -0.206. The number of benzene rings is 1. The number of hydrogen-bond donors (Lipinski definition) is 0. The number of rotatable bonds is 3. The van der Waals surface area contributed by atoms with Crippen LogP contribution in [0.15, 0.2) is 30.9 Å². The molecule has 0 fully saturated rings. The molecule has 1 nitrogen and oxygen atoms in total. The zero-order chi connectivity index (χ0) is 10.6. The van der Waals surface area contributed by atoms with Gasteiger partial charge in [0.05, 0.1) is 10.0 Å². The summed E-state index contributed by atoms with van der Waals surface area (Å²) in [4.78, 5) is 3.50. The maximum atomic E-state index is 7.03. The molecule has 1 aromatic carbocycles. The van der Waals surface area contributed by atoms with Gasteiger partial charge in [-0.3, -0.25) is 0 Å². The van der Waals surface area contributed by atoms with Crippen molar-refractivity contribution >= 4 is 23.2 Å². The lowest BCUT2D eigenvalue weighted by Gasteiger charge is -2.04. The molecule has 1 atom stereocenters. The first-order valence-corrected chi connectivity index (χ1v) is 4.87. The highest BCUT2D eigenvalue weighted by Gasteiger charge is 2.14. The lowest BCUT2D eigenvalue weighted by atomic mass is 10.0. The van der Waals surface area contributed by atoms with Crippen molar-refractivity contribution in [3.63, 3.8) is 0 Å². The summed E-state index contributed by atoms with van der Waals surface area (Å²) in [7, 11) is 0. The first-order chi connectivity index (χ1) is 6.69. The molecule has 1 unspecified atom stereocenters. The van der Waals surface area contributed by atoms with Gasteiger partial charge in [0.2, 0.25) is 0 Å². The van der Waals surface area contributed by atoms with Gasteiger partial charge in [-0.05, 0) is 18.2 Å². The van der Waals surface area contributed by atoms with Gasteiger partial charge in [0.15, 0.2) is 0 Å². The molecule has 1 rings (SSSR count). The summed E-state index contributed by atoms with van der Waals surface area (Å²) in [5.41, 5.74) is 0.884. The highest BCUT2D eigenvalue weighted by molar-refractivity contribution is 6.42. The van der Waals surface area contributed by atoms with Crippen LogP contribution in [0.3, 0.4) is 0 Å². The quantitative estimate of drug-likeness (QED) is 0.526. The fourth-order valence-electron chi connectivity index (χ4n) is 1.14. The van der Waals surface area contributed by atoms with E-state index in [1.165, 1.54) is 0 Å². The van der Waals surface area contributed by atoms with E-state index in [1.807, 2.05) is 6.07 Å². The Morgan fingerprint density at radius 1 is 1.43 bits per heavy atom. The molecular formula is C11H9Cl2N. The third kappa shape index (κ3) is 2.51. The smallest absolute Gasteiger partial charge is 0.252 e. The summed E-state index contributed by atoms with van der Waals surface area (Å²) in [6.07, 6.45) is 2.35. The summed E-state index contributed by atoms with van der Waals surface area (Å²) in [6.45, 7) is 10.6. The predicted molar refractivity (Wildman–Crippen MR) is 60.6 cm³/mol. The highest BCUT2D eigenvalue weighted by Crippen LogP contribution is 2.28. The van der Waals surface area contributed by atoms with Crippen LogP contribution in [0.5, 0.6) is 0 Å². The highest BCUT2D eigenvalue weighted by atomic mass is 35.5. The Morgan fingerprint density at radius 3 is 2.64 bits per heavy atom. The van der Waals surface area contributed by atoms with Crippen LogP contribution >= 0.6 is 23.2 Å². The lowest BCUT2D eigenvalue weighted by Crippen LogP contribution is -1.91. The molecule has 0 aromatic heterocycles. The van der Waals surface area contributed by atoms with E-state index in [2.05, 4.69) is 11.4 Å². The third-order valence-electron chi connectivity index (χ3n) is 1.87. The van der Waals surface area contributed by atoms with Gasteiger partial charge >= 0.3 is 0 Å². The van der Waals surface area contributed by atoms with Crippen LogP contribution in [0.4, 0.5) is 0 Å². The monoisotopic (exact) mass is 225 g/mol. The van der Waals surface area contributed by atoms with E-state index in [0.29, 0.717) is 16.5 Å². The Balaban J connectivity index is 3.00. The standard InChI is InChI=1S/C11H9Cl2N/c1-3-4-11(14-2)8-5-6-9(12)10(13)7-8/h3,5-7,11H,1,4H2. The van der Waals surface area contributed by atoms with E-state index in [-0.39, 0.29) is 6.04 Å². The van der Waals surface area contributed by atoms with Crippen LogP contribution in [-0.4, -0.2) is 0 Å². The zero-order valence-corrected chi connectivity index (χ0v) is 9.02. The Kier molecular flexibility index (Phi) is 4.00. The van der Waals surface area contributed by atoms with Crippen LogP contribution in [0, 0.1) is 6.57 Å². The van der Waals surface area contributed by atoms with Gasteiger partial charge in [-0.15, -0.1) is 6.58 Å². The average Bonchev–Trinajstić information content (AvgIpc) is 2.19. The van der Waals surface area contributed by atoms with E-state index < -0.39 is 0 Å². The molecule has 0 aliphatic rings. The van der Waals surface area contributed by atoms with E-state index in [0.717, 1.165) is 5.56 Å². The molecule has 0 amide bonds. The summed E-state index contributed by atoms with van der Waals surface area (Å²) in [6, 6.07) is 5.05. The molecule has 0 radical (unpaired) electrons. The molecule has 72 valence electrons. The molecule has 0 N–H and O–H groups in total. The minimum absolute atomic E-state index is 0.206. The van der Waals surface area contributed by atoms with Crippen molar-refractivity contribution in [2.75, 3.05) is 0 Å². The van der Waals surface area contributed by atoms with Crippen molar-refractivity contribution in [2.24, 2.45) is 0 Å². The molecular weight excluding hydrogens is 217 g/mol. The SMILES string of the molecule is [C-]#[N+]C(CC=C)c1ccc(Cl)c(Cl)c1. The first-order valence-electron chi connectivity index (χ1n) is 4.11. The summed E-state index contributed by atoms with van der Waals surface area (Å²) >= 11 is 11.6. The van der Waals surface area contributed by atoms with E-state index in [4.69, 9.17) is 29.8 Å². The molecule has 0 bridgehead atoms. The van der Waals surface area contributed by atoms with Crippen molar-refractivity contribution in [2.45, 2.75) is 12.5 Å². The zero-order valence-electron chi connectivity index (χ0n) is 7.50. The number of hydrogen-bond acceptors (Lipinski definition) is 0. The molecule has 0 saturated heterocycles. The Morgan fingerprint density at radius 2 is 2.14 bits per heavy atom. The fourth-order valence-corrected chi connectivity index (χ4v) is 1.45. The maximum absolute atomic E-state index is 7.03. The second-order valence-corrected chi connectivity index (χ2v) is 3.66. The van der Waals surface area contributed by atoms with Crippen molar-refractivity contribution in [3.05, 3.63) is 57.9 Å². The minimum Gasteiger partial charge on any atom is -0.308 e. The van der Waals surface area contributed by atoms with Gasteiger partial charge in [-0.25, -0.2) is 6.57 Å². The van der Waals surface area contributed by atoms with E-state index in [1.54, 1.807) is 18.2 Å². The van der Waals surface area contributed by atoms with Crippen molar-refractivity contribution in [3.8, 4) is 0 Å². The molecule has 0 aliphatic heterocycles. The van der Waals surface area contributed by atoms with Gasteiger partial charge < -0.3 is 4.85 Å². The fraction of sp³-hybridized carbons (Fsp3) is 0.182. The third-order valence-corrected chi connectivity index (χ3v) is 2.61. The topological polar surface area (TPSA) is 4.36 Å². The molecule has 0 saturated carbocycles. The van der Waals surface area contributed by atoms with Gasteiger partial charge in [-0.1, -0.05) is 29.3 Å². The van der Waals surface area contributed by atoms with Crippen LogP contribution in [0.2, 0.25) is 10.0 Å². The van der Waals surface area contributed by atoms with E-state index >= 15 is 0 Å². The summed E-state index contributed by atoms with van der Waals surface area (Å²) in [5, 5.41) is 1.000. The van der Waals surface area contributed by atoms with Crippen LogP contribution in [-0.2, 0) is 0 Å². The molecule has 14 heavy (non-hydrogen) atoms. The average molecular weight is 226 g/mol. The predicted octanol–water partition coefficient (Wildman–Crippen LogP) is 4.53. The van der Waals surface area contributed by atoms with Gasteiger partial charge in [0.1, 0.15) is 0 Å². The number of halogens is 2. The molecule has 0 spiro atoms. The molecule has 3 heteroatoms. The van der Waals surface area contributed by atoms with Gasteiger partial charge in [0, 0.05) is 12.0 Å². The maximum Gasteiger partial charge on any atom is 0.252 e. The summed E-state index contributed by atoms with van der Waals surface area (Å²) < 4.78 is 0. The Bertz CT molecular complexity index is 379. The van der Waals surface area contributed by atoms with Gasteiger partial charge in [-0.2, -0.15) is 0 Å². The normalized spacial score (nSPS) is 11.8. The van der Waals surface area contributed by atoms with E-state index in [9.17, 15) is 0 Å². The largest absolute Gasteiger partial charge is 0.308 e. The Hall–Kier alpha value is -0.970. The Labute approximate surface area is 93.8 Å². The molecule has 0 heterocycles. The lowest BCUT2D eigenvalue weighted by molar-refractivity contribution is 0.860. The van der Waals surface area contributed by atoms with Crippen molar-refractivity contribution < 1.29 is 0 Å². The van der Waals surface area contributed by atoms with Crippen LogP contribution in [0.1, 0.15) is 18.0 Å². The second kappa shape index (κ2) is 5.05. The molecule has 0 aliphatic carbocycles. The van der Waals surface area contributed by atoms with Crippen molar-refractivity contribution in [1.82, 2.24) is 0 Å². The van der Waals surface area contributed by atoms with Crippen molar-refractivity contribution in [1.29, 1.82) is 0 Å². The number of nitrogens with zero attached hydrogens (tertiary/aromatic N) is 1. The van der Waals surface area contributed by atoms with Crippen LogP contribution in [0.25, 0.3) is 4.85 Å².